The molecule has 0 amide bonds. The first-order valence-corrected chi connectivity index (χ1v) is 7.05. The Labute approximate surface area is 117 Å². The summed E-state index contributed by atoms with van der Waals surface area (Å²) in [6, 6.07) is 4.35. The fourth-order valence-electron chi connectivity index (χ4n) is 2.79. The van der Waals surface area contributed by atoms with Gasteiger partial charge in [0.1, 0.15) is 0 Å². The van der Waals surface area contributed by atoms with Crippen molar-refractivity contribution >= 4 is 0 Å². The molecular formula is C17H28O2. The maximum absolute atomic E-state index is 10.7. The number of aryl methyl sites for hydroxylation is 2. The van der Waals surface area contributed by atoms with Crippen LogP contribution in [0.15, 0.2) is 12.1 Å². The van der Waals surface area contributed by atoms with Crippen LogP contribution in [0.4, 0.5) is 0 Å². The molecule has 0 aromatic heterocycles. The molecule has 0 saturated heterocycles. The zero-order valence-corrected chi connectivity index (χ0v) is 13.2. The van der Waals surface area contributed by atoms with Crippen LogP contribution >= 0.6 is 0 Å². The van der Waals surface area contributed by atoms with Gasteiger partial charge in [0.15, 0.2) is 0 Å². The first kappa shape index (κ1) is 16.2. The number of aliphatic hydroxyl groups excluding tert-OH is 1. The molecule has 0 aliphatic rings. The molecule has 0 aliphatic heterocycles. The molecule has 2 heteroatoms. The van der Waals surface area contributed by atoms with Gasteiger partial charge in [-0.05, 0) is 61.3 Å². The predicted molar refractivity (Wildman–Crippen MR) is 80.5 cm³/mol. The highest BCUT2D eigenvalue weighted by atomic mass is 16.3. The summed E-state index contributed by atoms with van der Waals surface area (Å²) in [5.41, 5.74) is 3.82. The van der Waals surface area contributed by atoms with Crippen molar-refractivity contribution in [3.63, 3.8) is 0 Å². The molecule has 0 aliphatic carbocycles. The maximum Gasteiger partial charge on any atom is 0.0874 e. The molecule has 1 aromatic carbocycles. The van der Waals surface area contributed by atoms with Gasteiger partial charge in [-0.1, -0.05) is 32.9 Å². The first-order chi connectivity index (χ1) is 8.59. The van der Waals surface area contributed by atoms with Crippen LogP contribution in [0.3, 0.4) is 0 Å². The van der Waals surface area contributed by atoms with Crippen LogP contribution in [-0.4, -0.2) is 16.8 Å². The molecular weight excluding hydrogens is 236 g/mol. The number of hydrogen-bond donors (Lipinski definition) is 2. The summed E-state index contributed by atoms with van der Waals surface area (Å²) in [5, 5.41) is 19.6. The van der Waals surface area contributed by atoms with Crippen LogP contribution in [-0.2, 0) is 11.0 Å². The van der Waals surface area contributed by atoms with E-state index in [4.69, 9.17) is 5.11 Å². The Bertz CT molecular complexity index is 416. The predicted octanol–water partition coefficient (Wildman–Crippen LogP) is 3.58. The average molecular weight is 264 g/mol. The van der Waals surface area contributed by atoms with E-state index in [1.165, 1.54) is 5.56 Å². The van der Waals surface area contributed by atoms with E-state index in [1.54, 1.807) is 0 Å². The minimum atomic E-state index is -0.868. The summed E-state index contributed by atoms with van der Waals surface area (Å²) in [7, 11) is 0. The van der Waals surface area contributed by atoms with Gasteiger partial charge in [-0.25, -0.2) is 0 Å². The number of benzene rings is 1. The number of hydrogen-bond acceptors (Lipinski definition) is 2. The van der Waals surface area contributed by atoms with Crippen molar-refractivity contribution in [2.75, 3.05) is 6.61 Å². The van der Waals surface area contributed by atoms with Crippen LogP contribution in [0.5, 0.6) is 0 Å². The molecule has 1 rings (SSSR count). The summed E-state index contributed by atoms with van der Waals surface area (Å²) in [4.78, 5) is 0. The lowest BCUT2D eigenvalue weighted by atomic mass is 9.79. The molecule has 1 atom stereocenters. The molecule has 0 bridgehead atoms. The van der Waals surface area contributed by atoms with Gasteiger partial charge in [-0.2, -0.15) is 0 Å². The average Bonchev–Trinajstić information content (AvgIpc) is 2.23. The minimum absolute atomic E-state index is 0.116. The Morgan fingerprint density at radius 3 is 1.84 bits per heavy atom. The van der Waals surface area contributed by atoms with E-state index in [0.717, 1.165) is 16.7 Å². The molecule has 0 heterocycles. The smallest absolute Gasteiger partial charge is 0.0874 e. The third-order valence-electron chi connectivity index (χ3n) is 3.76. The molecule has 0 saturated carbocycles. The molecule has 0 radical (unpaired) electrons. The first-order valence-electron chi connectivity index (χ1n) is 7.05. The summed E-state index contributed by atoms with van der Waals surface area (Å²) in [6.45, 7) is 12.7. The van der Waals surface area contributed by atoms with Crippen molar-refractivity contribution in [3.05, 3.63) is 34.4 Å². The fraction of sp³-hybridized carbons (Fsp3) is 0.647. The van der Waals surface area contributed by atoms with Crippen LogP contribution in [0.2, 0.25) is 0 Å². The Morgan fingerprint density at radius 2 is 1.47 bits per heavy atom. The SMILES string of the molecule is Cc1cc(C(C)(C)C)cc(C)c1C(C)(O)CCCO. The quantitative estimate of drug-likeness (QED) is 0.872. The van der Waals surface area contributed by atoms with Gasteiger partial charge in [-0.3, -0.25) is 0 Å². The molecule has 0 spiro atoms. The van der Waals surface area contributed by atoms with E-state index in [0.29, 0.717) is 12.8 Å². The second-order valence-electron chi connectivity index (χ2n) is 6.84. The standard InChI is InChI=1S/C17H28O2/c1-12-10-14(16(3,4)5)11-13(2)15(12)17(6,19)8-7-9-18/h10-11,18-19H,7-9H2,1-6H3. The van der Waals surface area contributed by atoms with Crippen molar-refractivity contribution in [3.8, 4) is 0 Å². The third-order valence-corrected chi connectivity index (χ3v) is 3.76. The van der Waals surface area contributed by atoms with Crippen LogP contribution in [0.1, 0.15) is 62.8 Å². The molecule has 0 fully saturated rings. The van der Waals surface area contributed by atoms with E-state index in [1.807, 2.05) is 6.92 Å². The summed E-state index contributed by atoms with van der Waals surface area (Å²) in [5.74, 6) is 0. The van der Waals surface area contributed by atoms with Gasteiger partial charge in [0.25, 0.3) is 0 Å². The Morgan fingerprint density at radius 1 is 1.00 bits per heavy atom. The van der Waals surface area contributed by atoms with Crippen molar-refractivity contribution in [1.82, 2.24) is 0 Å². The third kappa shape index (κ3) is 3.80. The second-order valence-corrected chi connectivity index (χ2v) is 6.84. The van der Waals surface area contributed by atoms with Gasteiger partial charge >= 0.3 is 0 Å². The van der Waals surface area contributed by atoms with Gasteiger partial charge in [-0.15, -0.1) is 0 Å². The van der Waals surface area contributed by atoms with Crippen LogP contribution in [0.25, 0.3) is 0 Å². The normalized spacial score (nSPS) is 15.4. The van der Waals surface area contributed by atoms with E-state index < -0.39 is 5.60 Å². The highest BCUT2D eigenvalue weighted by Crippen LogP contribution is 2.34. The topological polar surface area (TPSA) is 40.5 Å². The lowest BCUT2D eigenvalue weighted by Crippen LogP contribution is -2.25. The minimum Gasteiger partial charge on any atom is -0.396 e. The van der Waals surface area contributed by atoms with Gasteiger partial charge in [0.05, 0.1) is 5.60 Å². The highest BCUT2D eigenvalue weighted by Gasteiger charge is 2.27. The molecule has 2 nitrogen and oxygen atoms in total. The molecule has 1 aromatic rings. The Hall–Kier alpha value is -0.860. The van der Waals surface area contributed by atoms with Crippen LogP contribution < -0.4 is 0 Å². The van der Waals surface area contributed by atoms with Crippen molar-refractivity contribution < 1.29 is 10.2 Å². The summed E-state index contributed by atoms with van der Waals surface area (Å²) in [6.07, 6.45) is 1.20. The largest absolute Gasteiger partial charge is 0.396 e. The van der Waals surface area contributed by atoms with Crippen molar-refractivity contribution in [2.45, 2.75) is 65.4 Å². The van der Waals surface area contributed by atoms with E-state index in [9.17, 15) is 5.11 Å². The fourth-order valence-corrected chi connectivity index (χ4v) is 2.79. The van der Waals surface area contributed by atoms with E-state index >= 15 is 0 Å². The molecule has 1 unspecified atom stereocenters. The van der Waals surface area contributed by atoms with E-state index in [2.05, 4.69) is 46.8 Å². The highest BCUT2D eigenvalue weighted by molar-refractivity contribution is 5.43. The summed E-state index contributed by atoms with van der Waals surface area (Å²) >= 11 is 0. The van der Waals surface area contributed by atoms with Crippen molar-refractivity contribution in [2.24, 2.45) is 0 Å². The van der Waals surface area contributed by atoms with Crippen molar-refractivity contribution in [1.29, 1.82) is 0 Å². The molecule has 2 N–H and O–H groups in total. The Balaban J connectivity index is 3.24. The number of aliphatic hydroxyl groups is 2. The zero-order chi connectivity index (χ0) is 14.8. The lowest BCUT2D eigenvalue weighted by molar-refractivity contribution is 0.0391. The van der Waals surface area contributed by atoms with Gasteiger partial charge in [0.2, 0.25) is 0 Å². The van der Waals surface area contributed by atoms with Gasteiger partial charge < -0.3 is 10.2 Å². The summed E-state index contributed by atoms with van der Waals surface area (Å²) < 4.78 is 0. The monoisotopic (exact) mass is 264 g/mol. The van der Waals surface area contributed by atoms with Gasteiger partial charge in [0, 0.05) is 6.61 Å². The second kappa shape index (κ2) is 5.64. The van der Waals surface area contributed by atoms with Crippen LogP contribution in [0, 0.1) is 13.8 Å². The maximum atomic E-state index is 10.7. The Kier molecular flexibility index (Phi) is 4.81. The lowest BCUT2D eigenvalue weighted by Gasteiger charge is -2.30. The zero-order valence-electron chi connectivity index (χ0n) is 13.2. The molecule has 108 valence electrons. The van der Waals surface area contributed by atoms with E-state index in [-0.39, 0.29) is 12.0 Å². The number of rotatable bonds is 4. The molecule has 19 heavy (non-hydrogen) atoms.